The van der Waals surface area contributed by atoms with Gasteiger partial charge < -0.3 is 15.2 Å². The second kappa shape index (κ2) is 6.01. The molecule has 0 fully saturated rings. The number of anilines is 1. The number of carbonyl (C=O) groups excluding carboxylic acids is 1. The van der Waals surface area contributed by atoms with Crippen LogP contribution >= 0.6 is 11.3 Å². The Hall–Kier alpha value is -2.34. The minimum atomic E-state index is -1.05. The molecule has 0 aliphatic heterocycles. The molecule has 5 nitrogen and oxygen atoms in total. The average Bonchev–Trinajstić information content (AvgIpc) is 2.91. The van der Waals surface area contributed by atoms with Gasteiger partial charge in [0.25, 0.3) is 5.91 Å². The first-order valence-corrected chi connectivity index (χ1v) is 6.32. The summed E-state index contributed by atoms with van der Waals surface area (Å²) in [7, 11) is 0. The maximum atomic E-state index is 11.8. The number of carboxylic acids is 1. The molecular weight excluding hydrogens is 266 g/mol. The van der Waals surface area contributed by atoms with E-state index < -0.39 is 12.6 Å². The molecule has 6 heteroatoms. The van der Waals surface area contributed by atoms with E-state index in [4.69, 9.17) is 9.84 Å². The number of amides is 1. The highest BCUT2D eigenvalue weighted by atomic mass is 32.1. The van der Waals surface area contributed by atoms with E-state index in [2.05, 4.69) is 5.32 Å². The molecule has 0 spiro atoms. The van der Waals surface area contributed by atoms with E-state index in [-0.39, 0.29) is 5.91 Å². The third kappa shape index (κ3) is 3.82. The van der Waals surface area contributed by atoms with E-state index in [1.807, 2.05) is 5.38 Å². The molecule has 0 bridgehead atoms. The minimum Gasteiger partial charge on any atom is -0.482 e. The number of rotatable bonds is 5. The summed E-state index contributed by atoms with van der Waals surface area (Å²) in [5, 5.41) is 13.1. The summed E-state index contributed by atoms with van der Waals surface area (Å²) in [5.41, 5.74) is 0.557. The number of hydrogen-bond acceptors (Lipinski definition) is 4. The van der Waals surface area contributed by atoms with Crippen LogP contribution in [0.4, 0.5) is 5.69 Å². The van der Waals surface area contributed by atoms with Gasteiger partial charge in [-0.1, -0.05) is 12.1 Å². The Balaban J connectivity index is 2.02. The summed E-state index contributed by atoms with van der Waals surface area (Å²) >= 11 is 1.35. The number of carboxylic acid groups (broad SMARTS) is 1. The molecule has 0 radical (unpaired) electrons. The van der Waals surface area contributed by atoms with E-state index >= 15 is 0 Å². The second-order valence-electron chi connectivity index (χ2n) is 3.64. The summed E-state index contributed by atoms with van der Waals surface area (Å²) in [6.45, 7) is -0.414. The third-order valence-electron chi connectivity index (χ3n) is 2.20. The third-order valence-corrected chi connectivity index (χ3v) is 3.07. The molecule has 2 aromatic rings. The van der Waals surface area contributed by atoms with Gasteiger partial charge >= 0.3 is 5.97 Å². The zero-order chi connectivity index (χ0) is 13.7. The molecule has 2 rings (SSSR count). The first-order valence-electron chi connectivity index (χ1n) is 5.44. The Labute approximate surface area is 113 Å². The second-order valence-corrected chi connectivity index (χ2v) is 4.59. The normalized spacial score (nSPS) is 9.89. The van der Waals surface area contributed by atoms with Crippen molar-refractivity contribution in [2.45, 2.75) is 0 Å². The standard InChI is InChI=1S/C13H11NO4S/c15-12(16)8-18-10-4-1-3-9(7-10)14-13(17)11-5-2-6-19-11/h1-7H,8H2,(H,14,17)(H,15,16). The van der Waals surface area contributed by atoms with Gasteiger partial charge in [-0.2, -0.15) is 0 Å². The molecule has 1 aromatic heterocycles. The van der Waals surface area contributed by atoms with Crippen molar-refractivity contribution >= 4 is 28.9 Å². The van der Waals surface area contributed by atoms with Crippen LogP contribution in [0.15, 0.2) is 41.8 Å². The number of carbonyl (C=O) groups is 2. The van der Waals surface area contributed by atoms with Crippen molar-refractivity contribution in [3.63, 3.8) is 0 Å². The summed E-state index contributed by atoms with van der Waals surface area (Å²) < 4.78 is 5.03. The molecule has 0 saturated heterocycles. The Bertz CT molecular complexity index is 580. The van der Waals surface area contributed by atoms with Gasteiger partial charge in [0.05, 0.1) is 4.88 Å². The number of aliphatic carboxylic acids is 1. The monoisotopic (exact) mass is 277 g/mol. The summed E-state index contributed by atoms with van der Waals surface area (Å²) in [5.74, 6) is -0.857. The molecule has 0 unspecified atom stereocenters. The number of hydrogen-bond donors (Lipinski definition) is 2. The zero-order valence-electron chi connectivity index (χ0n) is 9.83. The van der Waals surface area contributed by atoms with E-state index in [0.29, 0.717) is 16.3 Å². The highest BCUT2D eigenvalue weighted by Gasteiger charge is 2.07. The lowest BCUT2D eigenvalue weighted by molar-refractivity contribution is -0.139. The number of ether oxygens (including phenoxy) is 1. The van der Waals surface area contributed by atoms with Crippen LogP contribution in [0.2, 0.25) is 0 Å². The first-order chi connectivity index (χ1) is 9.15. The molecule has 0 saturated carbocycles. The largest absolute Gasteiger partial charge is 0.482 e. The Morgan fingerprint density at radius 1 is 1.26 bits per heavy atom. The molecule has 1 aromatic carbocycles. The van der Waals surface area contributed by atoms with Crippen molar-refractivity contribution in [3.05, 3.63) is 46.7 Å². The Morgan fingerprint density at radius 3 is 2.79 bits per heavy atom. The van der Waals surface area contributed by atoms with Crippen LogP contribution in [-0.4, -0.2) is 23.6 Å². The summed E-state index contributed by atoms with van der Waals surface area (Å²) in [4.78, 5) is 22.8. The maximum Gasteiger partial charge on any atom is 0.341 e. The maximum absolute atomic E-state index is 11.8. The molecule has 1 amide bonds. The zero-order valence-corrected chi connectivity index (χ0v) is 10.6. The van der Waals surface area contributed by atoms with Crippen LogP contribution in [-0.2, 0) is 4.79 Å². The van der Waals surface area contributed by atoms with Crippen molar-refractivity contribution in [1.29, 1.82) is 0 Å². The summed E-state index contributed by atoms with van der Waals surface area (Å²) in [6.07, 6.45) is 0. The van der Waals surface area contributed by atoms with Gasteiger partial charge in [0.15, 0.2) is 6.61 Å². The van der Waals surface area contributed by atoms with E-state index in [9.17, 15) is 9.59 Å². The van der Waals surface area contributed by atoms with Gasteiger partial charge in [0, 0.05) is 11.8 Å². The van der Waals surface area contributed by atoms with Crippen LogP contribution in [0.1, 0.15) is 9.67 Å². The number of nitrogens with one attached hydrogen (secondary N) is 1. The molecule has 0 atom stereocenters. The molecule has 1 heterocycles. The molecule has 0 aliphatic carbocycles. The van der Waals surface area contributed by atoms with Crippen LogP contribution in [0.3, 0.4) is 0 Å². The Kier molecular flexibility index (Phi) is 4.15. The van der Waals surface area contributed by atoms with Gasteiger partial charge in [-0.25, -0.2) is 4.79 Å². The molecule has 19 heavy (non-hydrogen) atoms. The van der Waals surface area contributed by atoms with Crippen LogP contribution in [0.5, 0.6) is 5.75 Å². The molecule has 2 N–H and O–H groups in total. The lowest BCUT2D eigenvalue weighted by Crippen LogP contribution is -2.11. The molecular formula is C13H11NO4S. The number of thiophene rings is 1. The van der Waals surface area contributed by atoms with E-state index in [0.717, 1.165) is 0 Å². The predicted octanol–water partition coefficient (Wildman–Crippen LogP) is 2.46. The van der Waals surface area contributed by atoms with Gasteiger partial charge in [-0.05, 0) is 23.6 Å². The average molecular weight is 277 g/mol. The highest BCUT2D eigenvalue weighted by molar-refractivity contribution is 7.12. The van der Waals surface area contributed by atoms with Crippen molar-refractivity contribution < 1.29 is 19.4 Å². The lowest BCUT2D eigenvalue weighted by atomic mass is 10.3. The smallest absolute Gasteiger partial charge is 0.341 e. The Morgan fingerprint density at radius 2 is 2.11 bits per heavy atom. The fraction of sp³-hybridized carbons (Fsp3) is 0.0769. The first kappa shape index (κ1) is 13.1. The fourth-order valence-electron chi connectivity index (χ4n) is 1.41. The molecule has 98 valence electrons. The van der Waals surface area contributed by atoms with Crippen molar-refractivity contribution in [1.82, 2.24) is 0 Å². The van der Waals surface area contributed by atoms with Crippen molar-refractivity contribution in [2.75, 3.05) is 11.9 Å². The predicted molar refractivity (Wildman–Crippen MR) is 71.8 cm³/mol. The van der Waals surface area contributed by atoms with Crippen LogP contribution < -0.4 is 10.1 Å². The quantitative estimate of drug-likeness (QED) is 0.880. The number of benzene rings is 1. The van der Waals surface area contributed by atoms with Gasteiger partial charge in [-0.3, -0.25) is 4.79 Å². The fourth-order valence-corrected chi connectivity index (χ4v) is 2.03. The van der Waals surface area contributed by atoms with Crippen LogP contribution in [0.25, 0.3) is 0 Å². The van der Waals surface area contributed by atoms with E-state index in [1.54, 1.807) is 36.4 Å². The molecule has 0 aliphatic rings. The van der Waals surface area contributed by atoms with E-state index in [1.165, 1.54) is 11.3 Å². The van der Waals surface area contributed by atoms with Gasteiger partial charge in [0.2, 0.25) is 0 Å². The topological polar surface area (TPSA) is 75.6 Å². The summed E-state index contributed by atoms with van der Waals surface area (Å²) in [6, 6.07) is 10.1. The lowest BCUT2D eigenvalue weighted by Gasteiger charge is -2.07. The minimum absolute atomic E-state index is 0.203. The van der Waals surface area contributed by atoms with Gasteiger partial charge in [-0.15, -0.1) is 11.3 Å². The van der Waals surface area contributed by atoms with Gasteiger partial charge in [0.1, 0.15) is 5.75 Å². The van der Waals surface area contributed by atoms with Crippen molar-refractivity contribution in [3.8, 4) is 5.75 Å². The highest BCUT2D eigenvalue weighted by Crippen LogP contribution is 2.19. The van der Waals surface area contributed by atoms with Crippen LogP contribution in [0, 0.1) is 0 Å². The van der Waals surface area contributed by atoms with Crippen molar-refractivity contribution in [2.24, 2.45) is 0 Å². The SMILES string of the molecule is O=C(O)COc1cccc(NC(=O)c2cccs2)c1.